The molecule has 0 N–H and O–H groups in total. The molecule has 0 saturated carbocycles. The first kappa shape index (κ1) is 35.4. The van der Waals surface area contributed by atoms with Crippen molar-refractivity contribution in [3.05, 3.63) is 259 Å². The third kappa shape index (κ3) is 6.47. The summed E-state index contributed by atoms with van der Waals surface area (Å²) in [5.74, 6) is 0.0266. The van der Waals surface area contributed by atoms with Crippen LogP contribution in [0.4, 0.5) is 0 Å². The molecule has 1 atom stereocenters. The highest BCUT2D eigenvalue weighted by Gasteiger charge is 2.21. The molecule has 0 aliphatic carbocycles. The van der Waals surface area contributed by atoms with E-state index in [0.29, 0.717) is 0 Å². The number of para-hydroxylation sites is 1. The maximum absolute atomic E-state index is 2.43. The van der Waals surface area contributed by atoms with E-state index in [4.69, 9.17) is 0 Å². The number of aromatic nitrogens is 1. The van der Waals surface area contributed by atoms with Crippen LogP contribution in [0.2, 0.25) is 0 Å². The van der Waals surface area contributed by atoms with Crippen LogP contribution in [0.5, 0.6) is 0 Å². The van der Waals surface area contributed by atoms with E-state index in [1.165, 1.54) is 93.8 Å². The molecule has 0 amide bonds. The Morgan fingerprint density at radius 2 is 0.800 bits per heavy atom. The lowest BCUT2D eigenvalue weighted by atomic mass is 9.83. The molecule has 0 aliphatic heterocycles. The number of fused-ring (bicyclic) bond motifs is 4. The Morgan fingerprint density at radius 3 is 1.50 bits per heavy atom. The molecule has 0 saturated heterocycles. The van der Waals surface area contributed by atoms with Crippen molar-refractivity contribution < 1.29 is 0 Å². The highest BCUT2D eigenvalue weighted by Crippen LogP contribution is 2.42. The van der Waals surface area contributed by atoms with Gasteiger partial charge >= 0.3 is 0 Å². The maximum Gasteiger partial charge on any atom is 0.0547 e. The van der Waals surface area contributed by atoms with Crippen molar-refractivity contribution in [2.75, 3.05) is 0 Å². The van der Waals surface area contributed by atoms with Gasteiger partial charge in [0.25, 0.3) is 0 Å². The SMILES string of the molecule is c1ccc(-c2ccc(C(c3ccc(-c4ccc5ccccc5c4)cc3)c3cccc(-c4cccc5c4c4ccc(-c6ccccc6)cc4n5-c4ccccc4)c3)cc2)cc1. The minimum absolute atomic E-state index is 0.0266. The van der Waals surface area contributed by atoms with Crippen molar-refractivity contribution in [2.24, 2.45) is 0 Å². The molecule has 11 aromatic rings. The smallest absolute Gasteiger partial charge is 0.0547 e. The third-order valence-corrected chi connectivity index (χ3v) is 12.1. The Labute approximate surface area is 351 Å². The molecular formula is C59H41N. The van der Waals surface area contributed by atoms with Gasteiger partial charge in [-0.1, -0.05) is 212 Å². The van der Waals surface area contributed by atoms with Gasteiger partial charge in [-0.2, -0.15) is 0 Å². The van der Waals surface area contributed by atoms with Crippen molar-refractivity contribution in [3.8, 4) is 50.2 Å². The number of benzene rings is 10. The topological polar surface area (TPSA) is 4.93 Å². The van der Waals surface area contributed by atoms with Crippen molar-refractivity contribution >= 4 is 32.6 Å². The fraction of sp³-hybridized carbons (Fsp3) is 0.0169. The van der Waals surface area contributed by atoms with Crippen molar-refractivity contribution in [3.63, 3.8) is 0 Å². The molecule has 10 aromatic carbocycles. The van der Waals surface area contributed by atoms with E-state index in [9.17, 15) is 0 Å². The van der Waals surface area contributed by atoms with Gasteiger partial charge in [-0.3, -0.25) is 0 Å². The Hall–Kier alpha value is -7.74. The molecule has 0 spiro atoms. The van der Waals surface area contributed by atoms with Crippen molar-refractivity contribution in [2.45, 2.75) is 5.92 Å². The van der Waals surface area contributed by atoms with Gasteiger partial charge in [0.1, 0.15) is 0 Å². The highest BCUT2D eigenvalue weighted by molar-refractivity contribution is 6.16. The average molecular weight is 764 g/mol. The molecular weight excluding hydrogens is 723 g/mol. The second-order valence-electron chi connectivity index (χ2n) is 15.7. The van der Waals surface area contributed by atoms with E-state index < -0.39 is 0 Å². The van der Waals surface area contributed by atoms with E-state index in [1.807, 2.05) is 0 Å². The molecule has 1 heterocycles. The second kappa shape index (κ2) is 15.2. The summed E-state index contributed by atoms with van der Waals surface area (Å²) in [5, 5.41) is 5.02. The third-order valence-electron chi connectivity index (χ3n) is 12.1. The molecule has 11 rings (SSSR count). The van der Waals surface area contributed by atoms with Crippen molar-refractivity contribution in [1.29, 1.82) is 0 Å². The van der Waals surface area contributed by atoms with Crippen LogP contribution >= 0.6 is 0 Å². The maximum atomic E-state index is 2.43. The van der Waals surface area contributed by atoms with Gasteiger partial charge in [0.05, 0.1) is 11.0 Å². The van der Waals surface area contributed by atoms with E-state index in [2.05, 4.69) is 247 Å². The minimum Gasteiger partial charge on any atom is -0.309 e. The molecule has 0 bridgehead atoms. The van der Waals surface area contributed by atoms with Crippen LogP contribution in [0.1, 0.15) is 22.6 Å². The van der Waals surface area contributed by atoms with Gasteiger partial charge in [0, 0.05) is 22.4 Å². The van der Waals surface area contributed by atoms with Crippen LogP contribution in [0, 0.1) is 0 Å². The molecule has 60 heavy (non-hydrogen) atoms. The van der Waals surface area contributed by atoms with E-state index in [-0.39, 0.29) is 5.92 Å². The standard InChI is InChI=1S/C59H41N/c1-4-14-41(15-5-1)44-26-31-46(32-27-44)58(47-33-28-45(29-34-47)49-35-30-43-18-10-11-19-48(43)38-49)52-21-12-20-51(39-52)54-24-13-25-56-59(54)55-37-36-50(42-16-6-2-7-17-42)40-57(55)60(56)53-22-8-3-9-23-53/h1-40,58H. The average Bonchev–Trinajstić information content (AvgIpc) is 3.67. The molecule has 1 aromatic heterocycles. The summed E-state index contributed by atoms with van der Waals surface area (Å²) < 4.78 is 2.43. The molecule has 282 valence electrons. The van der Waals surface area contributed by atoms with E-state index in [1.54, 1.807) is 0 Å². The monoisotopic (exact) mass is 763 g/mol. The molecule has 0 radical (unpaired) electrons. The Bertz CT molecular complexity index is 3270. The van der Waals surface area contributed by atoms with Gasteiger partial charge in [-0.25, -0.2) is 0 Å². The summed E-state index contributed by atoms with van der Waals surface area (Å²) in [4.78, 5) is 0. The Morgan fingerprint density at radius 1 is 0.283 bits per heavy atom. The van der Waals surface area contributed by atoms with Crippen LogP contribution in [0.15, 0.2) is 243 Å². The summed E-state index contributed by atoms with van der Waals surface area (Å²) in [7, 11) is 0. The molecule has 0 fully saturated rings. The van der Waals surface area contributed by atoms with Gasteiger partial charge < -0.3 is 4.57 Å². The minimum atomic E-state index is 0.0266. The van der Waals surface area contributed by atoms with E-state index >= 15 is 0 Å². The summed E-state index contributed by atoms with van der Waals surface area (Å²) >= 11 is 0. The molecule has 0 aliphatic rings. The van der Waals surface area contributed by atoms with Crippen LogP contribution in [-0.4, -0.2) is 4.57 Å². The van der Waals surface area contributed by atoms with Gasteiger partial charge in [-0.15, -0.1) is 0 Å². The quantitative estimate of drug-likeness (QED) is 0.136. The summed E-state index contributed by atoms with van der Waals surface area (Å²) in [6, 6.07) is 88.8. The fourth-order valence-electron chi connectivity index (χ4n) is 9.17. The molecule has 1 nitrogen and oxygen atoms in total. The Balaban J connectivity index is 1.05. The van der Waals surface area contributed by atoms with Gasteiger partial charge in [0.2, 0.25) is 0 Å². The lowest BCUT2D eigenvalue weighted by Gasteiger charge is -2.21. The zero-order valence-electron chi connectivity index (χ0n) is 33.1. The highest BCUT2D eigenvalue weighted by atomic mass is 15.0. The summed E-state index contributed by atoms with van der Waals surface area (Å²) in [5.41, 5.74) is 17.1. The zero-order valence-corrected chi connectivity index (χ0v) is 33.1. The zero-order chi connectivity index (χ0) is 39.8. The van der Waals surface area contributed by atoms with E-state index in [0.717, 1.165) is 5.69 Å². The van der Waals surface area contributed by atoms with Gasteiger partial charge in [-0.05, 0) is 102 Å². The van der Waals surface area contributed by atoms with Crippen LogP contribution in [-0.2, 0) is 0 Å². The fourth-order valence-corrected chi connectivity index (χ4v) is 9.17. The number of nitrogens with zero attached hydrogens (tertiary/aromatic N) is 1. The summed E-state index contributed by atoms with van der Waals surface area (Å²) in [6.45, 7) is 0. The number of hydrogen-bond acceptors (Lipinski definition) is 0. The normalized spacial score (nSPS) is 11.9. The van der Waals surface area contributed by atoms with Crippen LogP contribution in [0.3, 0.4) is 0 Å². The first-order valence-electron chi connectivity index (χ1n) is 20.8. The second-order valence-corrected chi connectivity index (χ2v) is 15.7. The number of rotatable bonds is 8. The largest absolute Gasteiger partial charge is 0.309 e. The molecule has 1 unspecified atom stereocenters. The summed E-state index contributed by atoms with van der Waals surface area (Å²) in [6.07, 6.45) is 0. The predicted molar refractivity (Wildman–Crippen MR) is 254 cm³/mol. The van der Waals surface area contributed by atoms with Crippen LogP contribution in [0.25, 0.3) is 82.8 Å². The first-order chi connectivity index (χ1) is 29.7. The lowest BCUT2D eigenvalue weighted by molar-refractivity contribution is 0.978. The van der Waals surface area contributed by atoms with Gasteiger partial charge in [0.15, 0.2) is 0 Å². The number of hydrogen-bond donors (Lipinski definition) is 0. The first-order valence-corrected chi connectivity index (χ1v) is 20.8. The van der Waals surface area contributed by atoms with Crippen LogP contribution < -0.4 is 0 Å². The Kier molecular flexibility index (Phi) is 8.98. The van der Waals surface area contributed by atoms with Crippen molar-refractivity contribution in [1.82, 2.24) is 4.57 Å². The molecule has 1 heteroatoms. The predicted octanol–water partition coefficient (Wildman–Crippen LogP) is 15.8. The lowest BCUT2D eigenvalue weighted by Crippen LogP contribution is -2.04.